The lowest BCUT2D eigenvalue weighted by Gasteiger charge is -2.34. The predicted molar refractivity (Wildman–Crippen MR) is 78.5 cm³/mol. The number of nitrogens with zero attached hydrogens (tertiary/aromatic N) is 2. The molecular weight excluding hydrogens is 256 g/mol. The van der Waals surface area contributed by atoms with Crippen LogP contribution >= 0.6 is 0 Å². The normalized spacial score (nSPS) is 22.9. The summed E-state index contributed by atoms with van der Waals surface area (Å²) in [5.74, 6) is 0.160. The zero-order valence-corrected chi connectivity index (χ0v) is 12.4. The molecule has 0 saturated carbocycles. The zero-order chi connectivity index (χ0) is 14.2. The summed E-state index contributed by atoms with van der Waals surface area (Å²) in [5.41, 5.74) is 5.53. The van der Waals surface area contributed by atoms with Gasteiger partial charge in [0.1, 0.15) is 0 Å². The Kier molecular flexibility index (Phi) is 6.72. The molecule has 116 valence electrons. The third kappa shape index (κ3) is 5.36. The van der Waals surface area contributed by atoms with Crippen molar-refractivity contribution in [2.24, 2.45) is 5.73 Å². The van der Waals surface area contributed by atoms with Crippen LogP contribution in [0.15, 0.2) is 0 Å². The molecule has 0 aromatic carbocycles. The summed E-state index contributed by atoms with van der Waals surface area (Å²) in [5, 5.41) is 3.12. The van der Waals surface area contributed by atoms with Gasteiger partial charge in [0.25, 0.3) is 0 Å². The molecule has 0 aromatic heterocycles. The van der Waals surface area contributed by atoms with Gasteiger partial charge in [-0.1, -0.05) is 0 Å². The average Bonchev–Trinajstić information content (AvgIpc) is 2.47. The van der Waals surface area contributed by atoms with Crippen LogP contribution in [0.2, 0.25) is 0 Å². The molecule has 0 unspecified atom stereocenters. The van der Waals surface area contributed by atoms with Gasteiger partial charge >= 0.3 is 0 Å². The second-order valence-electron chi connectivity index (χ2n) is 5.71. The first-order chi connectivity index (χ1) is 9.78. The Balaban J connectivity index is 1.60. The molecule has 2 fully saturated rings. The molecule has 0 aromatic rings. The molecule has 6 nitrogen and oxygen atoms in total. The predicted octanol–water partition coefficient (Wildman–Crippen LogP) is -0.752. The Morgan fingerprint density at radius 3 is 2.45 bits per heavy atom. The molecule has 2 rings (SSSR count). The largest absolute Gasteiger partial charge is 0.381 e. The molecule has 0 spiro atoms. The smallest absolute Gasteiger partial charge is 0.234 e. The standard InChI is InChI=1S/C14H28N4O2/c15-4-1-5-17-6-8-18(9-7-17)12-14(19)16-13-2-10-20-11-3-13/h13H,1-12,15H2,(H,16,19). The zero-order valence-electron chi connectivity index (χ0n) is 12.4. The molecule has 2 aliphatic heterocycles. The van der Waals surface area contributed by atoms with Gasteiger partial charge in [-0.25, -0.2) is 0 Å². The SMILES string of the molecule is NCCCN1CCN(CC(=O)NC2CCOCC2)CC1. The maximum atomic E-state index is 12.0. The van der Waals surface area contributed by atoms with E-state index in [9.17, 15) is 4.79 Å². The Hall–Kier alpha value is -0.690. The third-order valence-corrected chi connectivity index (χ3v) is 4.10. The summed E-state index contributed by atoms with van der Waals surface area (Å²) in [6.07, 6.45) is 2.95. The van der Waals surface area contributed by atoms with Gasteiger partial charge in [0.2, 0.25) is 5.91 Å². The van der Waals surface area contributed by atoms with E-state index in [1.165, 1.54) is 0 Å². The summed E-state index contributed by atoms with van der Waals surface area (Å²) < 4.78 is 5.30. The number of carbonyl (C=O) groups is 1. The fraction of sp³-hybridized carbons (Fsp3) is 0.929. The fourth-order valence-corrected chi connectivity index (χ4v) is 2.80. The van der Waals surface area contributed by atoms with Crippen LogP contribution < -0.4 is 11.1 Å². The number of amides is 1. The first-order valence-electron chi connectivity index (χ1n) is 7.80. The quantitative estimate of drug-likeness (QED) is 0.671. The van der Waals surface area contributed by atoms with Crippen LogP contribution in [0.25, 0.3) is 0 Å². The van der Waals surface area contributed by atoms with E-state index in [1.807, 2.05) is 0 Å². The van der Waals surface area contributed by atoms with Gasteiger partial charge in [-0.15, -0.1) is 0 Å². The molecule has 0 aliphatic carbocycles. The Labute approximate surface area is 121 Å². The van der Waals surface area contributed by atoms with Crippen molar-refractivity contribution in [1.29, 1.82) is 0 Å². The molecule has 1 amide bonds. The van der Waals surface area contributed by atoms with Gasteiger partial charge in [0.05, 0.1) is 6.54 Å². The van der Waals surface area contributed by atoms with Crippen LogP contribution in [-0.4, -0.2) is 80.8 Å². The number of ether oxygens (including phenoxy) is 1. The number of nitrogens with two attached hydrogens (primary N) is 1. The number of piperazine rings is 1. The van der Waals surface area contributed by atoms with Crippen LogP contribution in [0.5, 0.6) is 0 Å². The van der Waals surface area contributed by atoms with Crippen molar-refractivity contribution >= 4 is 5.91 Å². The second-order valence-corrected chi connectivity index (χ2v) is 5.71. The highest BCUT2D eigenvalue weighted by Gasteiger charge is 2.20. The van der Waals surface area contributed by atoms with Gasteiger partial charge in [0, 0.05) is 45.4 Å². The van der Waals surface area contributed by atoms with Crippen LogP contribution in [0.3, 0.4) is 0 Å². The van der Waals surface area contributed by atoms with Crippen molar-refractivity contribution in [3.8, 4) is 0 Å². The van der Waals surface area contributed by atoms with E-state index in [1.54, 1.807) is 0 Å². The van der Waals surface area contributed by atoms with Crippen LogP contribution in [0, 0.1) is 0 Å². The first-order valence-corrected chi connectivity index (χ1v) is 7.80. The lowest BCUT2D eigenvalue weighted by molar-refractivity contribution is -0.124. The summed E-state index contributed by atoms with van der Waals surface area (Å²) in [4.78, 5) is 16.7. The van der Waals surface area contributed by atoms with Crippen molar-refractivity contribution in [1.82, 2.24) is 15.1 Å². The van der Waals surface area contributed by atoms with E-state index in [4.69, 9.17) is 10.5 Å². The highest BCUT2D eigenvalue weighted by molar-refractivity contribution is 5.78. The van der Waals surface area contributed by atoms with E-state index in [0.29, 0.717) is 12.6 Å². The minimum absolute atomic E-state index is 0.160. The monoisotopic (exact) mass is 284 g/mol. The molecule has 0 atom stereocenters. The fourth-order valence-electron chi connectivity index (χ4n) is 2.80. The van der Waals surface area contributed by atoms with Gasteiger partial charge in [-0.05, 0) is 32.4 Å². The van der Waals surface area contributed by atoms with Crippen molar-refractivity contribution in [2.75, 3.05) is 59.0 Å². The van der Waals surface area contributed by atoms with E-state index in [2.05, 4.69) is 15.1 Å². The van der Waals surface area contributed by atoms with E-state index < -0.39 is 0 Å². The molecule has 2 heterocycles. The van der Waals surface area contributed by atoms with Crippen LogP contribution in [0.1, 0.15) is 19.3 Å². The molecule has 0 bridgehead atoms. The topological polar surface area (TPSA) is 70.8 Å². The minimum atomic E-state index is 0.160. The molecule has 2 saturated heterocycles. The van der Waals surface area contributed by atoms with Crippen LogP contribution in [0.4, 0.5) is 0 Å². The number of nitrogens with one attached hydrogen (secondary N) is 1. The average molecular weight is 284 g/mol. The van der Waals surface area contributed by atoms with Gasteiger partial charge in [0.15, 0.2) is 0 Å². The molecule has 3 N–H and O–H groups in total. The summed E-state index contributed by atoms with van der Waals surface area (Å²) in [6, 6.07) is 0.307. The number of hydrogen-bond acceptors (Lipinski definition) is 5. The number of carbonyl (C=O) groups excluding carboxylic acids is 1. The summed E-state index contributed by atoms with van der Waals surface area (Å²) in [7, 11) is 0. The van der Waals surface area contributed by atoms with E-state index in [-0.39, 0.29) is 5.91 Å². The maximum Gasteiger partial charge on any atom is 0.234 e. The highest BCUT2D eigenvalue weighted by atomic mass is 16.5. The Bertz CT molecular complexity index is 287. The van der Waals surface area contributed by atoms with Gasteiger partial charge < -0.3 is 20.7 Å². The molecule has 6 heteroatoms. The molecular formula is C14H28N4O2. The van der Waals surface area contributed by atoms with Crippen molar-refractivity contribution in [3.63, 3.8) is 0 Å². The lowest BCUT2D eigenvalue weighted by atomic mass is 10.1. The summed E-state index contributed by atoms with van der Waals surface area (Å²) in [6.45, 7) is 7.95. The molecule has 0 radical (unpaired) electrons. The first kappa shape index (κ1) is 15.7. The lowest BCUT2D eigenvalue weighted by Crippen LogP contribution is -2.51. The van der Waals surface area contributed by atoms with Crippen LogP contribution in [-0.2, 0) is 9.53 Å². The van der Waals surface area contributed by atoms with Crippen molar-refractivity contribution < 1.29 is 9.53 Å². The van der Waals surface area contributed by atoms with Gasteiger partial charge in [-0.3, -0.25) is 9.69 Å². The maximum absolute atomic E-state index is 12.0. The minimum Gasteiger partial charge on any atom is -0.381 e. The Morgan fingerprint density at radius 2 is 1.80 bits per heavy atom. The van der Waals surface area contributed by atoms with Crippen molar-refractivity contribution in [2.45, 2.75) is 25.3 Å². The van der Waals surface area contributed by atoms with E-state index >= 15 is 0 Å². The van der Waals surface area contributed by atoms with E-state index in [0.717, 1.165) is 71.7 Å². The molecule has 2 aliphatic rings. The molecule has 20 heavy (non-hydrogen) atoms. The number of hydrogen-bond donors (Lipinski definition) is 2. The second kappa shape index (κ2) is 8.56. The van der Waals surface area contributed by atoms with Crippen molar-refractivity contribution in [3.05, 3.63) is 0 Å². The highest BCUT2D eigenvalue weighted by Crippen LogP contribution is 2.06. The summed E-state index contributed by atoms with van der Waals surface area (Å²) >= 11 is 0. The van der Waals surface area contributed by atoms with Gasteiger partial charge in [-0.2, -0.15) is 0 Å². The Morgan fingerprint density at radius 1 is 1.15 bits per heavy atom. The number of rotatable bonds is 6. The third-order valence-electron chi connectivity index (χ3n) is 4.10.